The summed E-state index contributed by atoms with van der Waals surface area (Å²) in [4.78, 5) is 14.4. The van der Waals surface area contributed by atoms with Crippen LogP contribution in [0.1, 0.15) is 31.0 Å². The number of hydrogen-bond donors (Lipinski definition) is 1. The first-order valence-electron chi connectivity index (χ1n) is 8.71. The van der Waals surface area contributed by atoms with Gasteiger partial charge in [0.15, 0.2) is 11.5 Å². The highest BCUT2D eigenvalue weighted by Gasteiger charge is 2.16. The lowest BCUT2D eigenvalue weighted by atomic mass is 10.1. The summed E-state index contributed by atoms with van der Waals surface area (Å²) in [5.41, 5.74) is 1.94. The average molecular weight is 358 g/mol. The molecule has 1 heterocycles. The van der Waals surface area contributed by atoms with Gasteiger partial charge >= 0.3 is 0 Å². The number of fused-ring (bicyclic) bond motifs is 1. The largest absolute Gasteiger partial charge is 0.454 e. The van der Waals surface area contributed by atoms with Gasteiger partial charge in [-0.05, 0) is 48.9 Å². The molecule has 0 radical (unpaired) electrons. The maximum atomic E-state index is 13.0. The molecule has 1 aliphatic heterocycles. The van der Waals surface area contributed by atoms with Gasteiger partial charge < -0.3 is 14.8 Å². The van der Waals surface area contributed by atoms with Gasteiger partial charge in [0.2, 0.25) is 12.7 Å². The summed E-state index contributed by atoms with van der Waals surface area (Å²) >= 11 is 0. The van der Waals surface area contributed by atoms with Crippen LogP contribution in [0.5, 0.6) is 11.5 Å². The molecule has 0 bridgehead atoms. The topological polar surface area (TPSA) is 50.8 Å². The van der Waals surface area contributed by atoms with Gasteiger partial charge in [-0.2, -0.15) is 0 Å². The molecule has 0 unspecified atom stereocenters. The fourth-order valence-corrected chi connectivity index (χ4v) is 2.90. The van der Waals surface area contributed by atoms with Crippen LogP contribution in [-0.2, 0) is 11.3 Å². The number of carbonyl (C=O) groups excluding carboxylic acids is 1. The van der Waals surface area contributed by atoms with Crippen molar-refractivity contribution in [1.82, 2.24) is 10.2 Å². The summed E-state index contributed by atoms with van der Waals surface area (Å²) < 4.78 is 23.7. The van der Waals surface area contributed by atoms with Crippen molar-refractivity contribution in [3.63, 3.8) is 0 Å². The molecule has 0 aliphatic carbocycles. The SMILES string of the molecule is CCN(CC(=O)N[C@H](C)c1ccc(F)cc1)Cc1ccc2c(c1)OCO2. The second kappa shape index (κ2) is 8.19. The number of carbonyl (C=O) groups is 1. The number of benzene rings is 2. The highest BCUT2D eigenvalue weighted by Crippen LogP contribution is 2.32. The van der Waals surface area contributed by atoms with E-state index in [1.165, 1.54) is 12.1 Å². The Bertz CT molecular complexity index is 764. The van der Waals surface area contributed by atoms with Crippen molar-refractivity contribution in [2.24, 2.45) is 0 Å². The minimum absolute atomic E-state index is 0.0654. The predicted molar refractivity (Wildman–Crippen MR) is 96.5 cm³/mol. The quantitative estimate of drug-likeness (QED) is 0.825. The first kappa shape index (κ1) is 18.2. The molecule has 5 nitrogen and oxygen atoms in total. The predicted octanol–water partition coefficient (Wildman–Crippen LogP) is 3.25. The Morgan fingerprint density at radius 1 is 1.19 bits per heavy atom. The maximum Gasteiger partial charge on any atom is 0.234 e. The molecule has 1 atom stereocenters. The zero-order valence-corrected chi connectivity index (χ0v) is 15.0. The molecule has 2 aromatic rings. The molecule has 1 N–H and O–H groups in total. The van der Waals surface area contributed by atoms with Crippen molar-refractivity contribution in [3.05, 3.63) is 59.4 Å². The van der Waals surface area contributed by atoms with E-state index in [0.717, 1.165) is 29.2 Å². The highest BCUT2D eigenvalue weighted by atomic mass is 19.1. The maximum absolute atomic E-state index is 13.0. The number of amides is 1. The second-order valence-corrected chi connectivity index (χ2v) is 6.33. The van der Waals surface area contributed by atoms with E-state index in [1.807, 2.05) is 36.9 Å². The Kier molecular flexibility index (Phi) is 5.73. The van der Waals surface area contributed by atoms with Crippen molar-refractivity contribution in [2.75, 3.05) is 19.9 Å². The van der Waals surface area contributed by atoms with Crippen molar-refractivity contribution < 1.29 is 18.7 Å². The standard InChI is InChI=1S/C20H23FN2O3/c1-3-23(11-15-4-9-18-19(10-15)26-13-25-18)12-20(24)22-14(2)16-5-7-17(21)8-6-16/h4-10,14H,3,11-13H2,1-2H3,(H,22,24)/t14-/m1/s1. The minimum Gasteiger partial charge on any atom is -0.454 e. The molecule has 0 saturated carbocycles. The molecule has 0 fully saturated rings. The van der Waals surface area contributed by atoms with Gasteiger partial charge in [-0.25, -0.2) is 4.39 Å². The van der Waals surface area contributed by atoms with Gasteiger partial charge in [0.1, 0.15) is 5.82 Å². The van der Waals surface area contributed by atoms with E-state index in [0.29, 0.717) is 6.54 Å². The summed E-state index contributed by atoms with van der Waals surface area (Å²) in [5.74, 6) is 1.15. The monoisotopic (exact) mass is 358 g/mol. The molecular formula is C20H23FN2O3. The summed E-state index contributed by atoms with van der Waals surface area (Å²) in [6.07, 6.45) is 0. The molecule has 1 aliphatic rings. The third kappa shape index (κ3) is 4.52. The molecule has 6 heteroatoms. The molecule has 0 saturated heterocycles. The second-order valence-electron chi connectivity index (χ2n) is 6.33. The normalized spacial score (nSPS) is 13.7. The first-order valence-corrected chi connectivity index (χ1v) is 8.71. The van der Waals surface area contributed by atoms with Crippen LogP contribution < -0.4 is 14.8 Å². The summed E-state index contributed by atoms with van der Waals surface area (Å²) in [7, 11) is 0. The van der Waals surface area contributed by atoms with Crippen LogP contribution in [0.25, 0.3) is 0 Å². The molecule has 26 heavy (non-hydrogen) atoms. The van der Waals surface area contributed by atoms with E-state index >= 15 is 0 Å². The Morgan fingerprint density at radius 3 is 2.65 bits per heavy atom. The van der Waals surface area contributed by atoms with Gasteiger partial charge in [-0.15, -0.1) is 0 Å². The van der Waals surface area contributed by atoms with Crippen LogP contribution in [0.15, 0.2) is 42.5 Å². The van der Waals surface area contributed by atoms with E-state index in [1.54, 1.807) is 12.1 Å². The number of nitrogens with zero attached hydrogens (tertiary/aromatic N) is 1. The number of ether oxygens (including phenoxy) is 2. The van der Waals surface area contributed by atoms with E-state index in [-0.39, 0.29) is 31.1 Å². The van der Waals surface area contributed by atoms with Gasteiger partial charge in [-0.3, -0.25) is 9.69 Å². The van der Waals surface area contributed by atoms with Crippen LogP contribution in [0.2, 0.25) is 0 Å². The van der Waals surface area contributed by atoms with Crippen LogP contribution in [0, 0.1) is 5.82 Å². The van der Waals surface area contributed by atoms with Crippen LogP contribution in [-0.4, -0.2) is 30.7 Å². The highest BCUT2D eigenvalue weighted by molar-refractivity contribution is 5.78. The first-order chi connectivity index (χ1) is 12.5. The van der Waals surface area contributed by atoms with Crippen molar-refractivity contribution >= 4 is 5.91 Å². The summed E-state index contributed by atoms with van der Waals surface area (Å²) in [6, 6.07) is 11.8. The van der Waals surface area contributed by atoms with E-state index in [9.17, 15) is 9.18 Å². The number of nitrogens with one attached hydrogen (secondary N) is 1. The van der Waals surface area contributed by atoms with Crippen LogP contribution in [0.3, 0.4) is 0 Å². The van der Waals surface area contributed by atoms with E-state index in [4.69, 9.17) is 9.47 Å². The van der Waals surface area contributed by atoms with Gasteiger partial charge in [0.05, 0.1) is 12.6 Å². The Balaban J connectivity index is 1.55. The van der Waals surface area contributed by atoms with E-state index < -0.39 is 0 Å². The number of likely N-dealkylation sites (N-methyl/N-ethyl adjacent to an activating group) is 1. The van der Waals surface area contributed by atoms with Crippen molar-refractivity contribution in [3.8, 4) is 11.5 Å². The van der Waals surface area contributed by atoms with Crippen molar-refractivity contribution in [1.29, 1.82) is 0 Å². The molecule has 138 valence electrons. The van der Waals surface area contributed by atoms with Gasteiger partial charge in [0, 0.05) is 6.54 Å². The molecular weight excluding hydrogens is 335 g/mol. The lowest BCUT2D eigenvalue weighted by Crippen LogP contribution is -2.38. The summed E-state index contributed by atoms with van der Waals surface area (Å²) in [5, 5.41) is 2.96. The number of rotatable bonds is 7. The Labute approximate surface area is 152 Å². The fraction of sp³-hybridized carbons (Fsp3) is 0.350. The van der Waals surface area contributed by atoms with Crippen molar-refractivity contribution in [2.45, 2.75) is 26.4 Å². The van der Waals surface area contributed by atoms with Crippen LogP contribution >= 0.6 is 0 Å². The minimum atomic E-state index is -0.284. The third-order valence-electron chi connectivity index (χ3n) is 4.41. The third-order valence-corrected chi connectivity index (χ3v) is 4.41. The zero-order valence-electron chi connectivity index (χ0n) is 15.0. The smallest absolute Gasteiger partial charge is 0.234 e. The molecule has 0 aromatic heterocycles. The number of hydrogen-bond acceptors (Lipinski definition) is 4. The zero-order chi connectivity index (χ0) is 18.5. The molecule has 3 rings (SSSR count). The Hall–Kier alpha value is -2.60. The average Bonchev–Trinajstić information content (AvgIpc) is 3.09. The molecule has 1 amide bonds. The van der Waals surface area contributed by atoms with Gasteiger partial charge in [0.25, 0.3) is 0 Å². The molecule has 2 aromatic carbocycles. The lowest BCUT2D eigenvalue weighted by molar-refractivity contribution is -0.123. The lowest BCUT2D eigenvalue weighted by Gasteiger charge is -2.22. The number of halogens is 1. The molecule has 0 spiro atoms. The van der Waals surface area contributed by atoms with E-state index in [2.05, 4.69) is 5.32 Å². The fourth-order valence-electron chi connectivity index (χ4n) is 2.90. The van der Waals surface area contributed by atoms with Gasteiger partial charge in [-0.1, -0.05) is 25.1 Å². The summed E-state index contributed by atoms with van der Waals surface area (Å²) in [6.45, 7) is 5.83. The Morgan fingerprint density at radius 2 is 1.92 bits per heavy atom. The van der Waals surface area contributed by atoms with Crippen LogP contribution in [0.4, 0.5) is 4.39 Å².